The maximum Gasteiger partial charge on any atom is 0.239 e. The lowest BCUT2D eigenvalue weighted by Crippen LogP contribution is -2.41. The van der Waals surface area contributed by atoms with E-state index in [4.69, 9.17) is 4.74 Å². The van der Waals surface area contributed by atoms with Crippen LogP contribution in [0.4, 0.5) is 0 Å². The molecule has 124 valence electrons. The minimum atomic E-state index is -0.170. The zero-order valence-corrected chi connectivity index (χ0v) is 13.6. The molecule has 6 heteroatoms. The van der Waals surface area contributed by atoms with E-state index in [1.807, 2.05) is 24.4 Å². The predicted octanol–water partition coefficient (Wildman–Crippen LogP) is 1.32. The number of carbonyl (C=O) groups is 2. The smallest absolute Gasteiger partial charge is 0.239 e. The molecule has 0 atom stereocenters. The summed E-state index contributed by atoms with van der Waals surface area (Å²) >= 11 is 0. The van der Waals surface area contributed by atoms with Crippen LogP contribution in [0, 0.1) is 0 Å². The molecule has 0 fully saturated rings. The van der Waals surface area contributed by atoms with Crippen LogP contribution in [-0.4, -0.2) is 55.0 Å². The second-order valence-corrected chi connectivity index (χ2v) is 5.39. The van der Waals surface area contributed by atoms with Crippen molar-refractivity contribution in [1.29, 1.82) is 0 Å². The first-order valence-corrected chi connectivity index (χ1v) is 7.68. The van der Waals surface area contributed by atoms with Crippen LogP contribution in [0.1, 0.15) is 12.5 Å². The van der Waals surface area contributed by atoms with E-state index in [1.165, 1.54) is 6.92 Å². The number of H-pyrrole nitrogens is 1. The molecule has 2 rings (SSSR count). The van der Waals surface area contributed by atoms with E-state index in [2.05, 4.69) is 16.4 Å². The van der Waals surface area contributed by atoms with Gasteiger partial charge in [-0.2, -0.15) is 0 Å². The number of benzene rings is 1. The Balaban J connectivity index is 1.92. The molecule has 23 heavy (non-hydrogen) atoms. The summed E-state index contributed by atoms with van der Waals surface area (Å²) in [6.07, 6.45) is 2.66. The second-order valence-electron chi connectivity index (χ2n) is 5.39. The molecule has 0 radical (unpaired) electrons. The number of nitrogens with one attached hydrogen (secondary N) is 2. The zero-order chi connectivity index (χ0) is 16.7. The lowest BCUT2D eigenvalue weighted by Gasteiger charge is -2.20. The minimum Gasteiger partial charge on any atom is -0.383 e. The van der Waals surface area contributed by atoms with Gasteiger partial charge in [0.05, 0.1) is 13.2 Å². The molecule has 1 heterocycles. The van der Waals surface area contributed by atoms with Crippen molar-refractivity contribution in [2.45, 2.75) is 13.3 Å². The molecule has 0 unspecified atom stereocenters. The first-order valence-electron chi connectivity index (χ1n) is 7.68. The van der Waals surface area contributed by atoms with Gasteiger partial charge < -0.3 is 19.9 Å². The van der Waals surface area contributed by atoms with Gasteiger partial charge in [0.25, 0.3) is 0 Å². The van der Waals surface area contributed by atoms with Crippen LogP contribution in [0.3, 0.4) is 0 Å². The molecule has 0 aliphatic carbocycles. The van der Waals surface area contributed by atoms with Crippen molar-refractivity contribution in [3.8, 4) is 0 Å². The fraction of sp³-hybridized carbons (Fsp3) is 0.412. The van der Waals surface area contributed by atoms with Crippen LogP contribution in [0.25, 0.3) is 10.9 Å². The van der Waals surface area contributed by atoms with Crippen molar-refractivity contribution in [3.63, 3.8) is 0 Å². The van der Waals surface area contributed by atoms with Crippen LogP contribution in [0.5, 0.6) is 0 Å². The molecule has 0 saturated heterocycles. The highest BCUT2D eigenvalue weighted by Crippen LogP contribution is 2.18. The molecule has 2 aromatic rings. The lowest BCUT2D eigenvalue weighted by molar-refractivity contribution is -0.134. The fourth-order valence-electron chi connectivity index (χ4n) is 2.46. The Morgan fingerprint density at radius 3 is 2.83 bits per heavy atom. The van der Waals surface area contributed by atoms with E-state index in [0.29, 0.717) is 26.1 Å². The number of nitrogens with zero attached hydrogens (tertiary/aromatic N) is 1. The summed E-state index contributed by atoms with van der Waals surface area (Å²) in [7, 11) is 1.58. The number of carbonyl (C=O) groups excluding carboxylic acids is 2. The predicted molar refractivity (Wildman–Crippen MR) is 89.1 cm³/mol. The number of ether oxygens (including phenoxy) is 1. The third kappa shape index (κ3) is 4.82. The number of methoxy groups -OCH3 is 1. The van der Waals surface area contributed by atoms with E-state index in [1.54, 1.807) is 12.0 Å². The van der Waals surface area contributed by atoms with Gasteiger partial charge in [-0.3, -0.25) is 9.59 Å². The number of aromatic nitrogens is 1. The molecule has 0 bridgehead atoms. The first kappa shape index (κ1) is 17.0. The monoisotopic (exact) mass is 317 g/mol. The molecule has 0 saturated carbocycles. The standard InChI is InChI=1S/C17H23N3O3/c1-13(21)20(12-17(22)18-8-10-23-2)9-7-14-11-19-16-6-4-3-5-15(14)16/h3-6,11,19H,7-10,12H2,1-2H3,(H,18,22). The van der Waals surface area contributed by atoms with Crippen LogP contribution in [-0.2, 0) is 20.7 Å². The molecule has 2 N–H and O–H groups in total. The molecule has 2 amide bonds. The minimum absolute atomic E-state index is 0.0708. The summed E-state index contributed by atoms with van der Waals surface area (Å²) in [6, 6.07) is 8.04. The molecule has 1 aromatic carbocycles. The summed E-state index contributed by atoms with van der Waals surface area (Å²) in [5.74, 6) is -0.275. The highest BCUT2D eigenvalue weighted by Gasteiger charge is 2.14. The Hall–Kier alpha value is -2.34. The van der Waals surface area contributed by atoms with E-state index >= 15 is 0 Å². The Bertz CT molecular complexity index is 666. The molecule has 0 aliphatic rings. The van der Waals surface area contributed by atoms with Crippen molar-refractivity contribution in [3.05, 3.63) is 36.0 Å². The van der Waals surface area contributed by atoms with Crippen molar-refractivity contribution < 1.29 is 14.3 Å². The topological polar surface area (TPSA) is 74.4 Å². The maximum atomic E-state index is 11.8. The van der Waals surface area contributed by atoms with Gasteiger partial charge in [-0.1, -0.05) is 18.2 Å². The Labute approximate surface area is 135 Å². The van der Waals surface area contributed by atoms with Gasteiger partial charge in [0.15, 0.2) is 0 Å². The zero-order valence-electron chi connectivity index (χ0n) is 13.6. The largest absolute Gasteiger partial charge is 0.383 e. The molecule has 0 spiro atoms. The lowest BCUT2D eigenvalue weighted by atomic mass is 10.1. The molecule has 1 aromatic heterocycles. The highest BCUT2D eigenvalue weighted by molar-refractivity contribution is 5.84. The van der Waals surface area contributed by atoms with Gasteiger partial charge >= 0.3 is 0 Å². The molecule has 0 aliphatic heterocycles. The first-order chi connectivity index (χ1) is 11.1. The van der Waals surface area contributed by atoms with Gasteiger partial charge in [-0.05, 0) is 18.1 Å². The number of hydrogen-bond donors (Lipinski definition) is 2. The normalized spacial score (nSPS) is 10.7. The summed E-state index contributed by atoms with van der Waals surface area (Å²) < 4.78 is 4.88. The van der Waals surface area contributed by atoms with Crippen LogP contribution in [0.15, 0.2) is 30.5 Å². The average molecular weight is 317 g/mol. The fourth-order valence-corrected chi connectivity index (χ4v) is 2.46. The van der Waals surface area contributed by atoms with Crippen LogP contribution >= 0.6 is 0 Å². The molecule has 6 nitrogen and oxygen atoms in total. The van der Waals surface area contributed by atoms with Gasteiger partial charge in [-0.15, -0.1) is 0 Å². The quantitative estimate of drug-likeness (QED) is 0.721. The third-order valence-electron chi connectivity index (χ3n) is 3.73. The van der Waals surface area contributed by atoms with Gasteiger partial charge in [0.2, 0.25) is 11.8 Å². The Morgan fingerprint density at radius 2 is 2.09 bits per heavy atom. The summed E-state index contributed by atoms with van der Waals surface area (Å²) in [5.41, 5.74) is 2.22. The summed E-state index contributed by atoms with van der Waals surface area (Å²) in [4.78, 5) is 28.4. The SMILES string of the molecule is COCCNC(=O)CN(CCc1c[nH]c2ccccc12)C(C)=O. The van der Waals surface area contributed by atoms with E-state index in [-0.39, 0.29) is 18.4 Å². The third-order valence-corrected chi connectivity index (χ3v) is 3.73. The Morgan fingerprint density at radius 1 is 1.30 bits per heavy atom. The van der Waals surface area contributed by atoms with Gasteiger partial charge in [-0.25, -0.2) is 0 Å². The van der Waals surface area contributed by atoms with Crippen molar-refractivity contribution in [1.82, 2.24) is 15.2 Å². The number of hydrogen-bond acceptors (Lipinski definition) is 3. The van der Waals surface area contributed by atoms with Crippen molar-refractivity contribution in [2.24, 2.45) is 0 Å². The number of aromatic amines is 1. The number of amides is 2. The van der Waals surface area contributed by atoms with Crippen molar-refractivity contribution in [2.75, 3.05) is 33.4 Å². The number of para-hydroxylation sites is 1. The summed E-state index contributed by atoms with van der Waals surface area (Å²) in [5, 5.41) is 3.88. The van der Waals surface area contributed by atoms with E-state index in [0.717, 1.165) is 16.5 Å². The van der Waals surface area contributed by atoms with Crippen LogP contribution in [0.2, 0.25) is 0 Å². The van der Waals surface area contributed by atoms with Crippen LogP contribution < -0.4 is 5.32 Å². The van der Waals surface area contributed by atoms with Gasteiger partial charge in [0.1, 0.15) is 0 Å². The molecular formula is C17H23N3O3. The average Bonchev–Trinajstić information content (AvgIpc) is 2.94. The second kappa shape index (κ2) is 8.33. The van der Waals surface area contributed by atoms with Gasteiger partial charge in [0, 0.05) is 44.2 Å². The van der Waals surface area contributed by atoms with Crippen molar-refractivity contribution >= 4 is 22.7 Å². The maximum absolute atomic E-state index is 11.8. The van der Waals surface area contributed by atoms with E-state index < -0.39 is 0 Å². The summed E-state index contributed by atoms with van der Waals surface area (Å²) in [6.45, 7) is 2.97. The highest BCUT2D eigenvalue weighted by atomic mass is 16.5. The van der Waals surface area contributed by atoms with E-state index in [9.17, 15) is 9.59 Å². The number of fused-ring (bicyclic) bond motifs is 1. The molecular weight excluding hydrogens is 294 g/mol. The Kier molecular flexibility index (Phi) is 6.17. The number of rotatable bonds is 8.